The van der Waals surface area contributed by atoms with Gasteiger partial charge in [-0.1, -0.05) is 46.6 Å². The molecule has 1 N–H and O–H groups in total. The number of hydrogen-bond acceptors (Lipinski definition) is 5. The molecule has 0 radical (unpaired) electrons. The summed E-state index contributed by atoms with van der Waals surface area (Å²) in [7, 11) is 0. The molecule has 6 nitrogen and oxygen atoms in total. The van der Waals surface area contributed by atoms with Gasteiger partial charge in [-0.15, -0.1) is 0 Å². The molecule has 0 aromatic heterocycles. The second-order valence-corrected chi connectivity index (χ2v) is 7.72. The standard InChI is InChI=1S/C23H16Cl2O6.2Na/c1-10-6-12(8-14(20(10)26)22(28)29)18(19-16(24)4-3-5-17(19)25)13-7-11(2)21(27)15(9-13)23(30)31;;/h3-9,26H,1-2H3,(H,28,29)(H,30,31);;/q;2*+1/p-2/b18-13-;;. The van der Waals surface area contributed by atoms with Crippen molar-refractivity contribution in [3.63, 3.8) is 0 Å². The van der Waals surface area contributed by atoms with Crippen LogP contribution in [0.15, 0.2) is 59.2 Å². The van der Waals surface area contributed by atoms with Crippen LogP contribution in [0.4, 0.5) is 0 Å². The number of carboxylic acid groups (broad SMARTS) is 2. The molecule has 10 heteroatoms. The van der Waals surface area contributed by atoms with Gasteiger partial charge in [0.25, 0.3) is 0 Å². The molecule has 0 aliphatic heterocycles. The van der Waals surface area contributed by atoms with Gasteiger partial charge in [-0.05, 0) is 72.0 Å². The molecule has 1 aliphatic carbocycles. The zero-order valence-corrected chi connectivity index (χ0v) is 23.8. The molecule has 2 aromatic rings. The summed E-state index contributed by atoms with van der Waals surface area (Å²) in [6, 6.07) is 7.30. The van der Waals surface area contributed by atoms with E-state index in [2.05, 4.69) is 0 Å². The Morgan fingerprint density at radius 1 is 1.00 bits per heavy atom. The van der Waals surface area contributed by atoms with Crippen molar-refractivity contribution < 1.29 is 88.8 Å². The Morgan fingerprint density at radius 2 is 1.58 bits per heavy atom. The fraction of sp³-hybridized carbons (Fsp3) is 0.0870. The van der Waals surface area contributed by atoms with E-state index in [1.807, 2.05) is 0 Å². The number of rotatable bonds is 4. The Kier molecular flexibility index (Phi) is 10.7. The van der Waals surface area contributed by atoms with Crippen molar-refractivity contribution in [2.45, 2.75) is 13.8 Å². The monoisotopic (exact) mass is 502 g/mol. The van der Waals surface area contributed by atoms with E-state index in [4.69, 9.17) is 23.2 Å². The van der Waals surface area contributed by atoms with Crippen LogP contribution in [0.3, 0.4) is 0 Å². The van der Waals surface area contributed by atoms with Crippen LogP contribution in [0.25, 0.3) is 5.57 Å². The fourth-order valence-corrected chi connectivity index (χ4v) is 3.93. The summed E-state index contributed by atoms with van der Waals surface area (Å²) in [6.07, 6.45) is 2.63. The van der Waals surface area contributed by atoms with Crippen LogP contribution in [0.2, 0.25) is 10.0 Å². The average Bonchev–Trinajstić information content (AvgIpc) is 2.68. The minimum Gasteiger partial charge on any atom is -0.872 e. The molecule has 0 spiro atoms. The second kappa shape index (κ2) is 11.9. The summed E-state index contributed by atoms with van der Waals surface area (Å²) in [5.41, 5.74) is 0.349. The average molecular weight is 503 g/mol. The number of aliphatic carboxylic acids is 1. The number of allylic oxidation sites excluding steroid dienone is 4. The normalized spacial score (nSPS) is 14.4. The summed E-state index contributed by atoms with van der Waals surface area (Å²) >= 11 is 12.8. The Hall–Kier alpha value is -1.35. The first-order chi connectivity index (χ1) is 14.5. The quantitative estimate of drug-likeness (QED) is 0.353. The van der Waals surface area contributed by atoms with E-state index in [1.165, 1.54) is 32.1 Å². The van der Waals surface area contributed by atoms with Gasteiger partial charge >= 0.3 is 65.1 Å². The van der Waals surface area contributed by atoms with Crippen molar-refractivity contribution in [1.82, 2.24) is 0 Å². The molecule has 0 unspecified atom stereocenters. The van der Waals surface area contributed by atoms with Crippen LogP contribution in [0.1, 0.15) is 34.0 Å². The zero-order valence-electron chi connectivity index (χ0n) is 18.3. The van der Waals surface area contributed by atoms with Crippen molar-refractivity contribution in [3.05, 3.63) is 91.5 Å². The smallest absolute Gasteiger partial charge is 0.872 e. The number of carbonyl (C=O) groups excluding carboxylic acids is 2. The second-order valence-electron chi connectivity index (χ2n) is 6.90. The molecule has 0 fully saturated rings. The van der Waals surface area contributed by atoms with Crippen molar-refractivity contribution in [3.8, 4) is 5.75 Å². The minimum atomic E-state index is -1.66. The van der Waals surface area contributed by atoms with Crippen LogP contribution in [-0.4, -0.2) is 22.8 Å². The molecule has 0 saturated carbocycles. The molecule has 0 bridgehead atoms. The molecular weight excluding hydrogens is 489 g/mol. The summed E-state index contributed by atoms with van der Waals surface area (Å²) in [4.78, 5) is 35.4. The molecule has 3 rings (SSSR count). The van der Waals surface area contributed by atoms with Gasteiger partial charge in [0.1, 0.15) is 5.57 Å². The van der Waals surface area contributed by atoms with E-state index in [9.17, 15) is 29.7 Å². The largest absolute Gasteiger partial charge is 1.00 e. The summed E-state index contributed by atoms with van der Waals surface area (Å²) < 4.78 is 0. The number of aryl methyl sites for hydroxylation is 1. The molecule has 0 amide bonds. The first-order valence-electron chi connectivity index (χ1n) is 8.93. The van der Waals surface area contributed by atoms with Gasteiger partial charge in [0.2, 0.25) is 0 Å². The molecule has 33 heavy (non-hydrogen) atoms. The predicted molar refractivity (Wildman–Crippen MR) is 112 cm³/mol. The summed E-state index contributed by atoms with van der Waals surface area (Å²) in [5.74, 6) is -4.43. The fourth-order valence-electron chi connectivity index (χ4n) is 3.34. The van der Waals surface area contributed by atoms with Gasteiger partial charge in [0, 0.05) is 15.6 Å². The van der Waals surface area contributed by atoms with Gasteiger partial charge in [-0.2, -0.15) is 0 Å². The van der Waals surface area contributed by atoms with Crippen LogP contribution in [0, 0.1) is 6.92 Å². The number of benzene rings is 2. The van der Waals surface area contributed by atoms with Crippen LogP contribution >= 0.6 is 23.2 Å². The van der Waals surface area contributed by atoms with Gasteiger partial charge < -0.3 is 20.1 Å². The molecule has 0 heterocycles. The Balaban J connectivity index is 0.00000272. The van der Waals surface area contributed by atoms with E-state index in [0.29, 0.717) is 5.56 Å². The first-order valence-corrected chi connectivity index (χ1v) is 9.68. The van der Waals surface area contributed by atoms with Crippen LogP contribution in [0.5, 0.6) is 5.75 Å². The van der Waals surface area contributed by atoms with Gasteiger partial charge in [-0.3, -0.25) is 4.79 Å². The van der Waals surface area contributed by atoms with Crippen LogP contribution in [-0.2, 0) is 9.59 Å². The van der Waals surface area contributed by atoms with Crippen LogP contribution < -0.4 is 69.3 Å². The molecular formula is C23H14Cl2Na2O6. The number of carboxylic acids is 2. The topological polar surface area (TPSA) is 118 Å². The number of ketones is 1. The number of halogens is 2. The third-order valence-corrected chi connectivity index (χ3v) is 5.42. The maximum absolute atomic E-state index is 12.3. The number of carbonyl (C=O) groups is 3. The number of Topliss-reactive ketones (excluding diaryl/α,β-unsaturated/α-hetero) is 1. The maximum atomic E-state index is 12.3. The first kappa shape index (κ1) is 29.7. The van der Waals surface area contributed by atoms with Crippen molar-refractivity contribution >= 4 is 46.5 Å². The van der Waals surface area contributed by atoms with Gasteiger partial charge in [0.05, 0.1) is 5.97 Å². The molecule has 1 aliphatic rings. The summed E-state index contributed by atoms with van der Waals surface area (Å²) in [5, 5.41) is 33.6. The number of aromatic carboxylic acids is 1. The molecule has 0 saturated heterocycles. The van der Waals surface area contributed by atoms with E-state index >= 15 is 0 Å². The van der Waals surface area contributed by atoms with Gasteiger partial charge in [-0.25, -0.2) is 4.79 Å². The molecule has 2 aromatic carbocycles. The third-order valence-electron chi connectivity index (χ3n) is 4.79. The summed E-state index contributed by atoms with van der Waals surface area (Å²) in [6.45, 7) is 2.90. The molecule has 158 valence electrons. The maximum Gasteiger partial charge on any atom is 1.00 e. The third kappa shape index (κ3) is 6.02. The Bertz CT molecular complexity index is 1240. The predicted octanol–water partition coefficient (Wildman–Crippen LogP) is -2.91. The van der Waals surface area contributed by atoms with E-state index in [-0.39, 0.29) is 97.0 Å². The van der Waals surface area contributed by atoms with Crippen molar-refractivity contribution in [2.24, 2.45) is 0 Å². The van der Waals surface area contributed by atoms with Crippen molar-refractivity contribution in [2.75, 3.05) is 0 Å². The Morgan fingerprint density at radius 3 is 2.09 bits per heavy atom. The van der Waals surface area contributed by atoms with Crippen molar-refractivity contribution in [1.29, 1.82) is 0 Å². The SMILES string of the molecule is CC1=C/C(=C(\c2cc(C)c([O-])c(C(=O)[O-])c2)c2c(Cl)cccc2Cl)C=C(C(=O)O)C1=O.[Na+].[Na+]. The zero-order chi connectivity index (χ0) is 23.0. The molecule has 0 atom stereocenters. The van der Waals surface area contributed by atoms with E-state index in [0.717, 1.165) is 6.07 Å². The Labute approximate surface area is 244 Å². The van der Waals surface area contributed by atoms with Gasteiger partial charge in [0.15, 0.2) is 5.78 Å². The number of hydrogen-bond donors (Lipinski definition) is 1. The van der Waals surface area contributed by atoms with E-state index < -0.39 is 34.6 Å². The van der Waals surface area contributed by atoms with E-state index in [1.54, 1.807) is 18.2 Å². The minimum absolute atomic E-state index is 0.